The van der Waals surface area contributed by atoms with Crippen LogP contribution in [0.4, 0.5) is 17.1 Å². The molecule has 65 heavy (non-hydrogen) atoms. The van der Waals surface area contributed by atoms with Gasteiger partial charge < -0.3 is 4.90 Å². The number of pyridine rings is 1. The highest BCUT2D eigenvalue weighted by Gasteiger charge is 2.23. The number of hydrogen-bond acceptors (Lipinski definition) is 3. The number of nitriles is 1. The van der Waals surface area contributed by atoms with E-state index in [1.165, 1.54) is 0 Å². The van der Waals surface area contributed by atoms with Crippen LogP contribution in [0.15, 0.2) is 212 Å². The van der Waals surface area contributed by atoms with Crippen LogP contribution >= 0.6 is 0 Å². The second-order valence-electron chi connectivity index (χ2n) is 16.7. The predicted molar refractivity (Wildman–Crippen MR) is 265 cm³/mol. The largest absolute Gasteiger partial charge is 0.311 e. The molecule has 0 unspecified atom stereocenters. The van der Waals surface area contributed by atoms with Crippen LogP contribution in [0, 0.1) is 17.7 Å². The summed E-state index contributed by atoms with van der Waals surface area (Å²) in [6, 6.07) is 43.0. The van der Waals surface area contributed by atoms with Gasteiger partial charge in [0.2, 0.25) is 0 Å². The van der Waals surface area contributed by atoms with Crippen LogP contribution in [0.1, 0.15) is 45.6 Å². The number of imidazole rings is 1. The summed E-state index contributed by atoms with van der Waals surface area (Å²) in [5.41, 5.74) is 7.58. The zero-order valence-electron chi connectivity index (χ0n) is 45.6. The first-order valence-electron chi connectivity index (χ1n) is 26.1. The molecule has 0 radical (unpaired) electrons. The molecule has 0 saturated heterocycles. The molecule has 3 aromatic heterocycles. The van der Waals surface area contributed by atoms with E-state index in [1.54, 1.807) is 28.8 Å². The number of fused-ring (bicyclic) bond motifs is 4. The van der Waals surface area contributed by atoms with Crippen molar-refractivity contribution in [1.82, 2.24) is 14.1 Å². The Bertz CT molecular complexity index is 4080. The van der Waals surface area contributed by atoms with Crippen molar-refractivity contribution in [2.24, 2.45) is 0 Å². The van der Waals surface area contributed by atoms with Crippen LogP contribution in [-0.2, 0) is 5.41 Å². The molecule has 0 amide bonds. The Morgan fingerprint density at radius 3 is 1.97 bits per heavy atom. The topological polar surface area (TPSA) is 53.7 Å². The first-order valence-corrected chi connectivity index (χ1v) is 21.1. The van der Waals surface area contributed by atoms with E-state index in [2.05, 4.69) is 79.0 Å². The Hall–Kier alpha value is -8.53. The minimum absolute atomic E-state index is 0.128. The highest BCUT2D eigenvalue weighted by atomic mass is 15.2. The average molecular weight is 847 g/mol. The standard InChI is InChI=1S/C59H44N6/c1-59(2,3)44-33-34-61-57(36-44)65-53-28-11-10-25-51(53)52-32-31-48(38-56(52)65)64(46-23-14-17-41(35-46)39-60)47-24-15-22-45(37-47)62-40-63(55-30-13-12-29-54(55)62)58-49(42-18-6-4-7-19-42)26-16-27-50(58)43-20-8-5-9-21-43/h4-38H,1-3H3/i4D,5D,6D,7D,8D,9D,18D,19D,20D,21D. The van der Waals surface area contributed by atoms with Crippen molar-refractivity contribution < 1.29 is 18.3 Å². The Balaban J connectivity index is 1.16. The number of aromatic nitrogens is 4. The fourth-order valence-electron chi connectivity index (χ4n) is 8.66. The summed E-state index contributed by atoms with van der Waals surface area (Å²) in [7, 11) is 0. The third-order valence-electron chi connectivity index (χ3n) is 11.7. The molecule has 0 saturated carbocycles. The summed E-state index contributed by atoms with van der Waals surface area (Å²) in [6.45, 7) is 6.53. The van der Waals surface area contributed by atoms with Gasteiger partial charge in [0, 0.05) is 34.0 Å². The number of nitrogens with zero attached hydrogens (tertiary/aromatic N) is 6. The number of hydrogen-bond donors (Lipinski definition) is 0. The second-order valence-corrected chi connectivity index (χ2v) is 16.7. The van der Waals surface area contributed by atoms with E-state index in [1.807, 2.05) is 95.7 Å². The molecule has 6 nitrogen and oxygen atoms in total. The molecule has 0 N–H and O–H groups in total. The molecular weight excluding hydrogens is 793 g/mol. The van der Waals surface area contributed by atoms with Crippen LogP contribution in [0.5, 0.6) is 0 Å². The fraction of sp³-hybridized carbons (Fsp3) is 0.0678. The third-order valence-corrected chi connectivity index (χ3v) is 11.7. The number of benzene rings is 8. The Morgan fingerprint density at radius 2 is 1.25 bits per heavy atom. The minimum Gasteiger partial charge on any atom is -0.311 e. The van der Waals surface area contributed by atoms with Crippen molar-refractivity contribution in [3.8, 4) is 45.5 Å². The zero-order valence-corrected chi connectivity index (χ0v) is 35.6. The molecule has 0 atom stereocenters. The van der Waals surface area contributed by atoms with Crippen molar-refractivity contribution in [2.45, 2.75) is 26.2 Å². The first kappa shape index (κ1) is 29.7. The van der Waals surface area contributed by atoms with Gasteiger partial charge in [0.15, 0.2) is 0 Å². The average Bonchev–Trinajstić information content (AvgIpc) is 3.98. The zero-order chi connectivity index (χ0) is 52.8. The third kappa shape index (κ3) is 7.00. The lowest BCUT2D eigenvalue weighted by Gasteiger charge is -2.26. The normalized spacial score (nSPS) is 13.8. The molecular formula is C59H44N6. The van der Waals surface area contributed by atoms with Gasteiger partial charge in [0.05, 0.1) is 58.8 Å². The van der Waals surface area contributed by atoms with Gasteiger partial charge in [-0.05, 0) is 100.0 Å². The summed E-state index contributed by atoms with van der Waals surface area (Å²) < 4.78 is 93.4. The first-order chi connectivity index (χ1) is 36.0. The highest BCUT2D eigenvalue weighted by molar-refractivity contribution is 6.10. The number of para-hydroxylation sites is 4. The maximum absolute atomic E-state index is 10.2. The van der Waals surface area contributed by atoms with Crippen LogP contribution in [0.3, 0.4) is 0 Å². The van der Waals surface area contributed by atoms with E-state index in [-0.39, 0.29) is 33.4 Å². The molecule has 0 bridgehead atoms. The molecule has 6 heteroatoms. The minimum atomic E-state index is -0.577. The summed E-state index contributed by atoms with van der Waals surface area (Å²) in [4.78, 5) is 6.99. The predicted octanol–water partition coefficient (Wildman–Crippen LogP) is 14.2. The van der Waals surface area contributed by atoms with Crippen LogP contribution < -0.4 is 9.47 Å². The lowest BCUT2D eigenvalue weighted by atomic mass is 9.88. The lowest BCUT2D eigenvalue weighted by Crippen LogP contribution is -2.31. The Kier molecular flexibility index (Phi) is 7.31. The highest BCUT2D eigenvalue weighted by Crippen LogP contribution is 2.41. The van der Waals surface area contributed by atoms with Gasteiger partial charge >= 0.3 is 0 Å². The van der Waals surface area contributed by atoms with E-state index in [0.717, 1.165) is 44.6 Å². The van der Waals surface area contributed by atoms with E-state index < -0.39 is 60.4 Å². The van der Waals surface area contributed by atoms with Gasteiger partial charge in [-0.25, -0.2) is 4.98 Å². The smallest absolute Gasteiger partial charge is 0.269 e. The molecule has 0 spiro atoms. The van der Waals surface area contributed by atoms with Crippen LogP contribution in [0.2, 0.25) is 0 Å². The summed E-state index contributed by atoms with van der Waals surface area (Å²) in [5.74, 6) is 0.775. The van der Waals surface area contributed by atoms with Gasteiger partial charge in [-0.15, -0.1) is 0 Å². The van der Waals surface area contributed by atoms with E-state index in [0.29, 0.717) is 28.0 Å². The molecule has 11 aromatic rings. The molecule has 0 aliphatic heterocycles. The SMILES string of the molecule is [2H]c1c([2H])c([2H])c(-c2cccc(-c3c([2H])c([2H])c([2H])c([2H])c3[2H])c2-[n+]2[c-]n(-c3cccc(N(c4cccc(C#N)c4)c4ccc5c6ccccc6n(-c6cc(C(C)(C)C)ccn6)c5c4)c3)c3ccccc32)c([2H])c1[2H]. The lowest BCUT2D eigenvalue weighted by molar-refractivity contribution is -0.571. The van der Waals surface area contributed by atoms with Crippen molar-refractivity contribution in [2.75, 3.05) is 4.90 Å². The van der Waals surface area contributed by atoms with Gasteiger partial charge in [0.1, 0.15) is 5.82 Å². The van der Waals surface area contributed by atoms with Gasteiger partial charge in [0.25, 0.3) is 6.33 Å². The van der Waals surface area contributed by atoms with Crippen LogP contribution in [-0.4, -0.2) is 14.1 Å². The number of anilines is 3. The molecule has 11 rings (SSSR count). The van der Waals surface area contributed by atoms with Crippen molar-refractivity contribution in [1.29, 1.82) is 5.26 Å². The maximum Gasteiger partial charge on any atom is 0.269 e. The maximum atomic E-state index is 10.2. The van der Waals surface area contributed by atoms with Gasteiger partial charge in [-0.3, -0.25) is 13.7 Å². The van der Waals surface area contributed by atoms with E-state index in [9.17, 15) is 5.26 Å². The number of rotatable bonds is 8. The summed E-state index contributed by atoms with van der Waals surface area (Å²) >= 11 is 0. The molecule has 3 heterocycles. The van der Waals surface area contributed by atoms with E-state index in [4.69, 9.17) is 18.7 Å². The Morgan fingerprint density at radius 1 is 0.615 bits per heavy atom. The Labute approximate surface area is 392 Å². The monoisotopic (exact) mass is 846 g/mol. The van der Waals surface area contributed by atoms with Gasteiger partial charge in [-0.1, -0.05) is 160 Å². The quantitative estimate of drug-likeness (QED) is 0.113. The van der Waals surface area contributed by atoms with Crippen molar-refractivity contribution >= 4 is 49.9 Å². The van der Waals surface area contributed by atoms with Gasteiger partial charge in [-0.2, -0.15) is 5.26 Å². The fourth-order valence-corrected chi connectivity index (χ4v) is 8.66. The molecule has 0 aliphatic rings. The molecule has 0 fully saturated rings. The molecule has 8 aromatic carbocycles. The summed E-state index contributed by atoms with van der Waals surface area (Å²) in [5, 5.41) is 12.3. The second kappa shape index (κ2) is 16.0. The molecule has 310 valence electrons. The van der Waals surface area contributed by atoms with Crippen molar-refractivity contribution in [3.05, 3.63) is 230 Å². The van der Waals surface area contributed by atoms with Crippen LogP contribution in [0.25, 0.3) is 72.3 Å². The van der Waals surface area contributed by atoms with E-state index >= 15 is 0 Å². The summed E-state index contributed by atoms with van der Waals surface area (Å²) in [6.07, 6.45) is 5.35. The van der Waals surface area contributed by atoms with Crippen molar-refractivity contribution in [3.63, 3.8) is 0 Å². The molecule has 0 aliphatic carbocycles.